The first kappa shape index (κ1) is 11.9. The molecule has 2 rings (SSSR count). The van der Waals surface area contributed by atoms with Gasteiger partial charge in [0.1, 0.15) is 0 Å². The Morgan fingerprint density at radius 2 is 2.00 bits per heavy atom. The second-order valence-electron chi connectivity index (χ2n) is 4.40. The Labute approximate surface area is 102 Å². The molecular formula is C13H18ClNO. The number of rotatable bonds is 3. The Hall–Kier alpha value is -0.570. The van der Waals surface area contributed by atoms with Crippen molar-refractivity contribution in [3.8, 4) is 0 Å². The summed E-state index contributed by atoms with van der Waals surface area (Å²) in [6.45, 7) is 2.61. The second kappa shape index (κ2) is 5.17. The fraction of sp³-hybridized carbons (Fsp3) is 0.538. The standard InChI is InChI=1S/C13H18ClNO/c1-15-10-13(6-8-16-9-7-13)11-4-2-3-5-12(11)14/h2-5,15H,6-10H2,1H3. The first-order valence-electron chi connectivity index (χ1n) is 5.76. The molecule has 0 atom stereocenters. The molecule has 16 heavy (non-hydrogen) atoms. The summed E-state index contributed by atoms with van der Waals surface area (Å²) in [6, 6.07) is 8.17. The van der Waals surface area contributed by atoms with E-state index in [-0.39, 0.29) is 5.41 Å². The van der Waals surface area contributed by atoms with Gasteiger partial charge in [-0.3, -0.25) is 0 Å². The van der Waals surface area contributed by atoms with E-state index in [0.29, 0.717) is 0 Å². The Balaban J connectivity index is 2.34. The number of likely N-dealkylation sites (N-methyl/N-ethyl adjacent to an activating group) is 1. The maximum absolute atomic E-state index is 6.31. The number of ether oxygens (including phenoxy) is 1. The number of nitrogens with one attached hydrogen (secondary N) is 1. The minimum atomic E-state index is 0.144. The minimum Gasteiger partial charge on any atom is -0.381 e. The van der Waals surface area contributed by atoms with Gasteiger partial charge in [-0.15, -0.1) is 0 Å². The zero-order valence-corrected chi connectivity index (χ0v) is 10.4. The smallest absolute Gasteiger partial charge is 0.0475 e. The normalized spacial score (nSPS) is 19.6. The van der Waals surface area contributed by atoms with Crippen molar-refractivity contribution in [3.05, 3.63) is 34.9 Å². The molecule has 1 heterocycles. The molecule has 88 valence electrons. The molecule has 1 aliphatic rings. The lowest BCUT2D eigenvalue weighted by atomic mass is 9.74. The van der Waals surface area contributed by atoms with Gasteiger partial charge in [-0.05, 0) is 31.5 Å². The maximum atomic E-state index is 6.31. The average molecular weight is 240 g/mol. The van der Waals surface area contributed by atoms with Gasteiger partial charge in [-0.1, -0.05) is 29.8 Å². The molecule has 3 heteroatoms. The van der Waals surface area contributed by atoms with Gasteiger partial charge in [-0.2, -0.15) is 0 Å². The van der Waals surface area contributed by atoms with E-state index in [4.69, 9.17) is 16.3 Å². The molecular weight excluding hydrogens is 222 g/mol. The van der Waals surface area contributed by atoms with E-state index in [0.717, 1.165) is 37.6 Å². The van der Waals surface area contributed by atoms with E-state index in [9.17, 15) is 0 Å². The van der Waals surface area contributed by atoms with Gasteiger partial charge in [0.2, 0.25) is 0 Å². The lowest BCUT2D eigenvalue weighted by Crippen LogP contribution is -2.42. The lowest BCUT2D eigenvalue weighted by molar-refractivity contribution is 0.0506. The van der Waals surface area contributed by atoms with Gasteiger partial charge in [0, 0.05) is 30.2 Å². The van der Waals surface area contributed by atoms with Crippen LogP contribution in [0.25, 0.3) is 0 Å². The molecule has 1 N–H and O–H groups in total. The molecule has 0 spiro atoms. The van der Waals surface area contributed by atoms with E-state index in [1.54, 1.807) is 0 Å². The zero-order valence-electron chi connectivity index (χ0n) is 9.63. The maximum Gasteiger partial charge on any atom is 0.0475 e. The van der Waals surface area contributed by atoms with Gasteiger partial charge in [-0.25, -0.2) is 0 Å². The van der Waals surface area contributed by atoms with Crippen molar-refractivity contribution in [3.63, 3.8) is 0 Å². The summed E-state index contributed by atoms with van der Waals surface area (Å²) >= 11 is 6.31. The summed E-state index contributed by atoms with van der Waals surface area (Å²) in [6.07, 6.45) is 2.08. The van der Waals surface area contributed by atoms with E-state index >= 15 is 0 Å². The Morgan fingerprint density at radius 1 is 1.31 bits per heavy atom. The molecule has 1 saturated heterocycles. The molecule has 2 nitrogen and oxygen atoms in total. The fourth-order valence-electron chi connectivity index (χ4n) is 2.53. The first-order valence-corrected chi connectivity index (χ1v) is 6.14. The van der Waals surface area contributed by atoms with Crippen LogP contribution in [0.2, 0.25) is 5.02 Å². The molecule has 0 amide bonds. The Morgan fingerprint density at radius 3 is 2.62 bits per heavy atom. The van der Waals surface area contributed by atoms with Crippen molar-refractivity contribution >= 4 is 11.6 Å². The zero-order chi connectivity index (χ0) is 11.4. The van der Waals surface area contributed by atoms with E-state index < -0.39 is 0 Å². The molecule has 1 aromatic rings. The highest BCUT2D eigenvalue weighted by Crippen LogP contribution is 2.37. The highest BCUT2D eigenvalue weighted by molar-refractivity contribution is 6.31. The Bertz CT molecular complexity index is 342. The molecule has 0 saturated carbocycles. The third-order valence-corrected chi connectivity index (χ3v) is 3.74. The highest BCUT2D eigenvalue weighted by Gasteiger charge is 2.35. The van der Waals surface area contributed by atoms with Crippen molar-refractivity contribution in [1.29, 1.82) is 0 Å². The van der Waals surface area contributed by atoms with Crippen LogP contribution in [0, 0.1) is 0 Å². The third kappa shape index (κ3) is 2.24. The van der Waals surface area contributed by atoms with Crippen LogP contribution < -0.4 is 5.32 Å². The summed E-state index contributed by atoms with van der Waals surface area (Å²) in [5, 5.41) is 4.16. The van der Waals surface area contributed by atoms with Crippen molar-refractivity contribution in [2.75, 3.05) is 26.8 Å². The quantitative estimate of drug-likeness (QED) is 0.876. The SMILES string of the molecule is CNCC1(c2ccccc2Cl)CCOCC1. The van der Waals surface area contributed by atoms with Gasteiger partial charge in [0.25, 0.3) is 0 Å². The van der Waals surface area contributed by atoms with Crippen LogP contribution in [0.1, 0.15) is 18.4 Å². The van der Waals surface area contributed by atoms with Crippen LogP contribution in [0.15, 0.2) is 24.3 Å². The van der Waals surface area contributed by atoms with Crippen LogP contribution in [0.5, 0.6) is 0 Å². The van der Waals surface area contributed by atoms with Crippen LogP contribution >= 0.6 is 11.6 Å². The van der Waals surface area contributed by atoms with Gasteiger partial charge < -0.3 is 10.1 Å². The number of halogens is 1. The summed E-state index contributed by atoms with van der Waals surface area (Å²) < 4.78 is 5.46. The van der Waals surface area contributed by atoms with Crippen LogP contribution in [-0.4, -0.2) is 26.8 Å². The van der Waals surface area contributed by atoms with Crippen molar-refractivity contribution < 1.29 is 4.74 Å². The number of benzene rings is 1. The molecule has 1 aromatic carbocycles. The molecule has 0 unspecified atom stereocenters. The topological polar surface area (TPSA) is 21.3 Å². The number of hydrogen-bond donors (Lipinski definition) is 1. The van der Waals surface area contributed by atoms with Crippen molar-refractivity contribution in [1.82, 2.24) is 5.32 Å². The first-order chi connectivity index (χ1) is 7.78. The molecule has 1 aliphatic heterocycles. The monoisotopic (exact) mass is 239 g/mol. The van der Waals surface area contributed by atoms with Crippen molar-refractivity contribution in [2.24, 2.45) is 0 Å². The molecule has 0 radical (unpaired) electrons. The summed E-state index contributed by atoms with van der Waals surface area (Å²) in [5.74, 6) is 0. The molecule has 0 aromatic heterocycles. The van der Waals surface area contributed by atoms with Gasteiger partial charge >= 0.3 is 0 Å². The van der Waals surface area contributed by atoms with Crippen LogP contribution in [0.4, 0.5) is 0 Å². The van der Waals surface area contributed by atoms with Crippen molar-refractivity contribution in [2.45, 2.75) is 18.3 Å². The Kier molecular flexibility index (Phi) is 3.85. The average Bonchev–Trinajstić information content (AvgIpc) is 2.31. The third-order valence-electron chi connectivity index (χ3n) is 3.41. The lowest BCUT2D eigenvalue weighted by Gasteiger charge is -2.38. The van der Waals surface area contributed by atoms with Gasteiger partial charge in [0.05, 0.1) is 0 Å². The summed E-state index contributed by atoms with van der Waals surface area (Å²) in [5.41, 5.74) is 1.40. The predicted molar refractivity (Wildman–Crippen MR) is 67.1 cm³/mol. The molecule has 0 bridgehead atoms. The number of hydrogen-bond acceptors (Lipinski definition) is 2. The second-order valence-corrected chi connectivity index (χ2v) is 4.81. The minimum absolute atomic E-state index is 0.144. The largest absolute Gasteiger partial charge is 0.381 e. The highest BCUT2D eigenvalue weighted by atomic mass is 35.5. The molecule has 1 fully saturated rings. The van der Waals surface area contributed by atoms with Crippen LogP contribution in [0.3, 0.4) is 0 Å². The van der Waals surface area contributed by atoms with Gasteiger partial charge in [0.15, 0.2) is 0 Å². The van der Waals surface area contributed by atoms with Crippen LogP contribution in [-0.2, 0) is 10.2 Å². The van der Waals surface area contributed by atoms with E-state index in [1.165, 1.54) is 5.56 Å². The summed E-state index contributed by atoms with van der Waals surface area (Å²) in [4.78, 5) is 0. The fourth-order valence-corrected chi connectivity index (χ4v) is 2.87. The predicted octanol–water partition coefficient (Wildman–Crippen LogP) is 2.61. The van der Waals surface area contributed by atoms with E-state index in [1.807, 2.05) is 19.2 Å². The van der Waals surface area contributed by atoms with E-state index in [2.05, 4.69) is 17.4 Å². The molecule has 0 aliphatic carbocycles. The summed E-state index contributed by atoms with van der Waals surface area (Å²) in [7, 11) is 1.99.